The lowest BCUT2D eigenvalue weighted by atomic mass is 10.0. The van der Waals surface area contributed by atoms with Crippen LogP contribution in [0.5, 0.6) is 0 Å². The van der Waals surface area contributed by atoms with Gasteiger partial charge in [0, 0.05) is 44.1 Å². The molecule has 2 rings (SSSR count). The molecule has 0 aliphatic heterocycles. The lowest BCUT2D eigenvalue weighted by molar-refractivity contribution is -0.129. The molecule has 2 amide bonds. The molecule has 0 saturated carbocycles. The fraction of sp³-hybridized carbons (Fsp3) is 0.360. The molecule has 34 heavy (non-hydrogen) atoms. The van der Waals surface area contributed by atoms with Crippen LogP contribution < -0.4 is 10.6 Å². The van der Waals surface area contributed by atoms with Crippen LogP contribution in [0.1, 0.15) is 37.0 Å². The SMILES string of the molecule is C/C=C(/Cc1ccccc1F)NCC(=O)N(C)CCCC(OC)c1c(NC=O)ccc(Cl)c1F. The molecule has 0 radical (unpaired) electrons. The third-order valence-electron chi connectivity index (χ3n) is 5.49. The normalized spacial score (nSPS) is 12.2. The Labute approximate surface area is 203 Å². The molecular formula is C25H30ClF2N3O3. The molecule has 6 nitrogen and oxygen atoms in total. The second-order valence-electron chi connectivity index (χ2n) is 7.70. The maximum absolute atomic E-state index is 14.7. The van der Waals surface area contributed by atoms with Crippen LogP contribution in [0.25, 0.3) is 0 Å². The topological polar surface area (TPSA) is 70.7 Å². The number of ether oxygens (including phenoxy) is 1. The number of likely N-dealkylation sites (N-methyl/N-ethyl adjacent to an activating group) is 1. The van der Waals surface area contributed by atoms with E-state index in [1.165, 1.54) is 25.3 Å². The summed E-state index contributed by atoms with van der Waals surface area (Å²) >= 11 is 5.91. The average molecular weight is 494 g/mol. The third-order valence-corrected chi connectivity index (χ3v) is 5.78. The highest BCUT2D eigenvalue weighted by Crippen LogP contribution is 2.34. The van der Waals surface area contributed by atoms with Gasteiger partial charge in [-0.15, -0.1) is 0 Å². The Morgan fingerprint density at radius 2 is 1.97 bits per heavy atom. The van der Waals surface area contributed by atoms with Gasteiger partial charge in [-0.05, 0) is 43.5 Å². The number of allylic oxidation sites excluding steroid dienone is 2. The number of carbonyl (C=O) groups is 2. The summed E-state index contributed by atoms with van der Waals surface area (Å²) in [5.41, 5.74) is 1.75. The van der Waals surface area contributed by atoms with Gasteiger partial charge in [0.15, 0.2) is 0 Å². The van der Waals surface area contributed by atoms with Crippen LogP contribution in [0.15, 0.2) is 48.2 Å². The van der Waals surface area contributed by atoms with Crippen molar-refractivity contribution in [2.24, 2.45) is 0 Å². The molecule has 0 aliphatic carbocycles. The number of amides is 2. The monoisotopic (exact) mass is 493 g/mol. The number of carbonyl (C=O) groups excluding carboxylic acids is 2. The van der Waals surface area contributed by atoms with Crippen molar-refractivity contribution in [1.29, 1.82) is 0 Å². The minimum Gasteiger partial charge on any atom is -0.380 e. The fourth-order valence-electron chi connectivity index (χ4n) is 3.53. The van der Waals surface area contributed by atoms with E-state index < -0.39 is 11.9 Å². The van der Waals surface area contributed by atoms with Gasteiger partial charge in [0.1, 0.15) is 11.6 Å². The Morgan fingerprint density at radius 1 is 1.24 bits per heavy atom. The molecule has 0 saturated heterocycles. The molecule has 1 atom stereocenters. The van der Waals surface area contributed by atoms with Crippen LogP contribution in [0.4, 0.5) is 14.5 Å². The molecule has 0 spiro atoms. The number of hydrogen-bond acceptors (Lipinski definition) is 4. The summed E-state index contributed by atoms with van der Waals surface area (Å²) in [6.07, 6.45) is 2.91. The van der Waals surface area contributed by atoms with Gasteiger partial charge in [0.2, 0.25) is 12.3 Å². The standard InChI is InChI=1S/C25H30ClF2N3O3/c1-4-18(14-17-8-5-6-9-20(17)27)29-15-23(33)31(2)13-7-10-22(34-3)24-21(30-16-32)12-11-19(26)25(24)28/h4-6,8-9,11-12,16,22,29H,7,10,13-15H2,1-3H3,(H,30,32)/b18-4-. The highest BCUT2D eigenvalue weighted by Gasteiger charge is 2.22. The number of anilines is 1. The van der Waals surface area contributed by atoms with Crippen molar-refractivity contribution in [3.63, 3.8) is 0 Å². The van der Waals surface area contributed by atoms with Crippen molar-refractivity contribution in [1.82, 2.24) is 10.2 Å². The Kier molecular flexibility index (Phi) is 11.0. The number of methoxy groups -OCH3 is 1. The lowest BCUT2D eigenvalue weighted by Gasteiger charge is -2.22. The van der Waals surface area contributed by atoms with E-state index in [0.717, 1.165) is 5.70 Å². The maximum Gasteiger partial charge on any atom is 0.241 e. The van der Waals surface area contributed by atoms with Gasteiger partial charge in [-0.3, -0.25) is 9.59 Å². The maximum atomic E-state index is 14.7. The van der Waals surface area contributed by atoms with Crippen molar-refractivity contribution in [2.75, 3.05) is 32.6 Å². The second-order valence-corrected chi connectivity index (χ2v) is 8.11. The highest BCUT2D eigenvalue weighted by molar-refractivity contribution is 6.30. The first-order valence-corrected chi connectivity index (χ1v) is 11.3. The number of rotatable bonds is 13. The van der Waals surface area contributed by atoms with Crippen molar-refractivity contribution in [3.8, 4) is 0 Å². The van der Waals surface area contributed by atoms with E-state index in [2.05, 4.69) is 10.6 Å². The number of nitrogens with one attached hydrogen (secondary N) is 2. The van der Waals surface area contributed by atoms with E-state index in [0.29, 0.717) is 37.8 Å². The molecule has 0 bridgehead atoms. The van der Waals surface area contributed by atoms with Crippen molar-refractivity contribution >= 4 is 29.6 Å². The highest BCUT2D eigenvalue weighted by atomic mass is 35.5. The minimum absolute atomic E-state index is 0.0641. The third kappa shape index (κ3) is 7.53. The zero-order valence-electron chi connectivity index (χ0n) is 19.5. The molecule has 0 aliphatic rings. The number of hydrogen-bond donors (Lipinski definition) is 2. The van der Waals surface area contributed by atoms with E-state index >= 15 is 0 Å². The molecule has 184 valence electrons. The van der Waals surface area contributed by atoms with Crippen LogP contribution in [-0.4, -0.2) is 44.5 Å². The predicted octanol–water partition coefficient (Wildman–Crippen LogP) is 4.85. The summed E-state index contributed by atoms with van der Waals surface area (Å²) in [5, 5.41) is 5.47. The molecule has 2 aromatic rings. The zero-order valence-corrected chi connectivity index (χ0v) is 20.3. The lowest BCUT2D eigenvalue weighted by Crippen LogP contribution is -2.36. The summed E-state index contributed by atoms with van der Waals surface area (Å²) in [4.78, 5) is 25.0. The molecule has 0 heterocycles. The van der Waals surface area contributed by atoms with Gasteiger partial charge in [-0.25, -0.2) is 8.78 Å². The molecule has 0 fully saturated rings. The Bertz CT molecular complexity index is 1020. The van der Waals surface area contributed by atoms with Crippen LogP contribution in [-0.2, 0) is 20.7 Å². The molecule has 9 heteroatoms. The van der Waals surface area contributed by atoms with Gasteiger partial charge in [-0.1, -0.05) is 35.9 Å². The van der Waals surface area contributed by atoms with E-state index in [1.807, 2.05) is 13.0 Å². The molecule has 0 aromatic heterocycles. The summed E-state index contributed by atoms with van der Waals surface area (Å²) in [7, 11) is 3.13. The van der Waals surface area contributed by atoms with Crippen molar-refractivity contribution in [3.05, 3.63) is 76.0 Å². The molecular weight excluding hydrogens is 464 g/mol. The van der Waals surface area contributed by atoms with E-state index in [9.17, 15) is 18.4 Å². The van der Waals surface area contributed by atoms with Crippen LogP contribution in [0.3, 0.4) is 0 Å². The predicted molar refractivity (Wildman–Crippen MR) is 130 cm³/mol. The minimum atomic E-state index is -0.654. The van der Waals surface area contributed by atoms with Gasteiger partial charge < -0.3 is 20.3 Å². The molecule has 1 unspecified atom stereocenters. The van der Waals surface area contributed by atoms with Gasteiger partial charge in [-0.2, -0.15) is 0 Å². The van der Waals surface area contributed by atoms with Crippen molar-refractivity contribution in [2.45, 2.75) is 32.3 Å². The summed E-state index contributed by atoms with van der Waals surface area (Å²) in [5.74, 6) is -1.08. The second kappa shape index (κ2) is 13.7. The molecule has 2 N–H and O–H groups in total. The van der Waals surface area contributed by atoms with Gasteiger partial charge in [0.25, 0.3) is 0 Å². The summed E-state index contributed by atoms with van der Waals surface area (Å²) < 4.78 is 34.0. The summed E-state index contributed by atoms with van der Waals surface area (Å²) in [6.45, 7) is 2.30. The van der Waals surface area contributed by atoms with E-state index in [4.69, 9.17) is 16.3 Å². The zero-order chi connectivity index (χ0) is 25.1. The first kappa shape index (κ1) is 27.3. The number of benzene rings is 2. The largest absolute Gasteiger partial charge is 0.380 e. The average Bonchev–Trinajstić information content (AvgIpc) is 2.83. The van der Waals surface area contributed by atoms with Gasteiger partial charge >= 0.3 is 0 Å². The quantitative estimate of drug-likeness (QED) is 0.391. The first-order valence-electron chi connectivity index (χ1n) is 10.9. The number of halogens is 3. The fourth-order valence-corrected chi connectivity index (χ4v) is 3.69. The Hall–Kier alpha value is -2.97. The number of nitrogens with zero attached hydrogens (tertiary/aromatic N) is 1. The van der Waals surface area contributed by atoms with Gasteiger partial charge in [0.05, 0.1) is 17.7 Å². The Morgan fingerprint density at radius 3 is 2.62 bits per heavy atom. The van der Waals surface area contributed by atoms with Crippen LogP contribution >= 0.6 is 11.6 Å². The van der Waals surface area contributed by atoms with Crippen molar-refractivity contribution < 1.29 is 23.1 Å². The van der Waals surface area contributed by atoms with Crippen LogP contribution in [0, 0.1) is 11.6 Å². The first-order chi connectivity index (χ1) is 16.3. The summed E-state index contributed by atoms with van der Waals surface area (Å²) in [6, 6.07) is 9.40. The Balaban J connectivity index is 1.89. The smallest absolute Gasteiger partial charge is 0.241 e. The van der Waals surface area contributed by atoms with E-state index in [-0.39, 0.29) is 34.5 Å². The van der Waals surface area contributed by atoms with Crippen LogP contribution in [0.2, 0.25) is 5.02 Å². The molecule has 2 aromatic carbocycles. The van der Waals surface area contributed by atoms with E-state index in [1.54, 1.807) is 30.1 Å².